The van der Waals surface area contributed by atoms with Gasteiger partial charge < -0.3 is 0 Å². The van der Waals surface area contributed by atoms with Crippen molar-refractivity contribution in [2.45, 2.75) is 6.43 Å². The van der Waals surface area contributed by atoms with E-state index in [2.05, 4.69) is 4.98 Å². The van der Waals surface area contributed by atoms with Gasteiger partial charge >= 0.3 is 0 Å². The van der Waals surface area contributed by atoms with E-state index in [1.807, 2.05) is 22.6 Å². The number of hydrogen-bond donors (Lipinski definition) is 0. The summed E-state index contributed by atoms with van der Waals surface area (Å²) in [7, 11) is 0. The van der Waals surface area contributed by atoms with Gasteiger partial charge in [0.25, 0.3) is 6.43 Å². The molecule has 0 saturated heterocycles. The van der Waals surface area contributed by atoms with E-state index in [0.29, 0.717) is 8.59 Å². The molecule has 60 valence electrons. The van der Waals surface area contributed by atoms with Crippen molar-refractivity contribution in [2.75, 3.05) is 0 Å². The van der Waals surface area contributed by atoms with Crippen LogP contribution < -0.4 is 0 Å². The summed E-state index contributed by atoms with van der Waals surface area (Å²) in [6.07, 6.45) is -1.30. The Hall–Kier alpha value is 0.0300. The summed E-state index contributed by atoms with van der Waals surface area (Å²) >= 11 is 7.45. The fraction of sp³-hybridized carbons (Fsp3) is 0.167. The van der Waals surface area contributed by atoms with E-state index >= 15 is 0 Å². The molecule has 1 heterocycles. The van der Waals surface area contributed by atoms with E-state index in [9.17, 15) is 8.78 Å². The van der Waals surface area contributed by atoms with Crippen LogP contribution in [-0.2, 0) is 0 Å². The summed E-state index contributed by atoms with van der Waals surface area (Å²) < 4.78 is 24.5. The van der Waals surface area contributed by atoms with E-state index in [1.54, 1.807) is 0 Å². The molecule has 0 radical (unpaired) electrons. The molecule has 0 fully saturated rings. The molecule has 0 amide bonds. The number of rotatable bonds is 1. The lowest BCUT2D eigenvalue weighted by atomic mass is 10.4. The molecule has 0 N–H and O–H groups in total. The van der Waals surface area contributed by atoms with E-state index in [4.69, 9.17) is 11.6 Å². The Morgan fingerprint density at radius 1 is 1.55 bits per heavy atom. The predicted molar refractivity (Wildman–Crippen MR) is 46.9 cm³/mol. The highest BCUT2D eigenvalue weighted by atomic mass is 127. The van der Waals surface area contributed by atoms with Gasteiger partial charge in [-0.2, -0.15) is 0 Å². The monoisotopic (exact) mass is 289 g/mol. The molecule has 0 aliphatic carbocycles. The third kappa shape index (κ3) is 2.23. The van der Waals surface area contributed by atoms with Crippen molar-refractivity contribution < 1.29 is 8.78 Å². The molecule has 0 unspecified atom stereocenters. The van der Waals surface area contributed by atoms with Gasteiger partial charge in [0.15, 0.2) is 0 Å². The first-order valence-corrected chi connectivity index (χ1v) is 4.16. The van der Waals surface area contributed by atoms with Crippen LogP contribution in [0, 0.1) is 3.57 Å². The Morgan fingerprint density at radius 2 is 2.18 bits per heavy atom. The Morgan fingerprint density at radius 3 is 2.64 bits per heavy atom. The van der Waals surface area contributed by atoms with Crippen LogP contribution in [0.1, 0.15) is 12.1 Å². The van der Waals surface area contributed by atoms with Gasteiger partial charge in [-0.25, -0.2) is 8.78 Å². The van der Waals surface area contributed by atoms with Gasteiger partial charge in [-0.3, -0.25) is 4.98 Å². The van der Waals surface area contributed by atoms with Gasteiger partial charge in [-0.15, -0.1) is 0 Å². The first kappa shape index (κ1) is 9.12. The number of hydrogen-bond acceptors (Lipinski definition) is 1. The second-order valence-electron chi connectivity index (χ2n) is 1.82. The molecule has 1 rings (SSSR count). The standard InChI is InChI=1S/C6H3ClF2IN/c7-3-2-11-5(6(8)9)1-4(3)10/h1-2,6H. The zero-order valence-corrected chi connectivity index (χ0v) is 8.10. The molecule has 1 nitrogen and oxygen atoms in total. The van der Waals surface area contributed by atoms with Crippen LogP contribution >= 0.6 is 34.2 Å². The van der Waals surface area contributed by atoms with Crippen LogP contribution in [0.5, 0.6) is 0 Å². The molecule has 1 aromatic heterocycles. The van der Waals surface area contributed by atoms with Gasteiger partial charge in [0, 0.05) is 9.77 Å². The molecular weight excluding hydrogens is 286 g/mol. The van der Waals surface area contributed by atoms with E-state index < -0.39 is 6.43 Å². The topological polar surface area (TPSA) is 12.9 Å². The Balaban J connectivity index is 3.05. The highest BCUT2D eigenvalue weighted by Crippen LogP contribution is 2.22. The third-order valence-corrected chi connectivity index (χ3v) is 2.57. The fourth-order valence-corrected chi connectivity index (χ4v) is 1.11. The van der Waals surface area contributed by atoms with Crippen molar-refractivity contribution in [3.63, 3.8) is 0 Å². The molecule has 0 saturated carbocycles. The summed E-state index contributed by atoms with van der Waals surface area (Å²) in [4.78, 5) is 3.45. The molecule has 11 heavy (non-hydrogen) atoms. The second-order valence-corrected chi connectivity index (χ2v) is 3.39. The first-order valence-electron chi connectivity index (χ1n) is 2.70. The van der Waals surface area contributed by atoms with Gasteiger partial charge in [-0.1, -0.05) is 11.6 Å². The van der Waals surface area contributed by atoms with Crippen LogP contribution in [0.25, 0.3) is 0 Å². The molecule has 1 aromatic rings. The van der Waals surface area contributed by atoms with Crippen molar-refractivity contribution in [2.24, 2.45) is 0 Å². The van der Waals surface area contributed by atoms with Crippen LogP contribution in [0.2, 0.25) is 5.02 Å². The number of aromatic nitrogens is 1. The SMILES string of the molecule is FC(F)c1cc(I)c(Cl)cn1. The lowest BCUT2D eigenvalue weighted by Gasteiger charge is -1.99. The maximum atomic E-state index is 12.0. The zero-order valence-electron chi connectivity index (χ0n) is 5.19. The number of halogens is 4. The van der Waals surface area contributed by atoms with Gasteiger partial charge in [0.05, 0.1) is 5.02 Å². The predicted octanol–water partition coefficient (Wildman–Crippen LogP) is 3.28. The van der Waals surface area contributed by atoms with Crippen LogP contribution in [0.3, 0.4) is 0 Å². The molecule has 0 aliphatic rings. The van der Waals surface area contributed by atoms with Crippen LogP contribution in [0.15, 0.2) is 12.3 Å². The molecule has 0 bridgehead atoms. The quantitative estimate of drug-likeness (QED) is 0.723. The molecular formula is C6H3ClF2IN. The average Bonchev–Trinajstić information content (AvgIpc) is 1.94. The highest BCUT2D eigenvalue weighted by molar-refractivity contribution is 14.1. The van der Waals surface area contributed by atoms with E-state index in [0.717, 1.165) is 0 Å². The highest BCUT2D eigenvalue weighted by Gasteiger charge is 2.09. The maximum Gasteiger partial charge on any atom is 0.280 e. The lowest BCUT2D eigenvalue weighted by Crippen LogP contribution is -1.90. The summed E-state index contributed by atoms with van der Waals surface area (Å²) in [6.45, 7) is 0. The zero-order chi connectivity index (χ0) is 8.43. The Labute approximate surface area is 80.9 Å². The van der Waals surface area contributed by atoms with Gasteiger partial charge in [0.2, 0.25) is 0 Å². The van der Waals surface area contributed by atoms with E-state index in [1.165, 1.54) is 12.3 Å². The van der Waals surface area contributed by atoms with Gasteiger partial charge in [-0.05, 0) is 28.7 Å². The molecule has 0 aliphatic heterocycles. The minimum absolute atomic E-state index is 0.237. The van der Waals surface area contributed by atoms with Crippen LogP contribution in [-0.4, -0.2) is 4.98 Å². The third-order valence-electron chi connectivity index (χ3n) is 1.05. The Kier molecular flexibility index (Phi) is 3.00. The minimum atomic E-state index is -2.53. The smallest absolute Gasteiger partial charge is 0.254 e. The first-order chi connectivity index (χ1) is 5.11. The summed E-state index contributed by atoms with van der Waals surface area (Å²) in [5.74, 6) is 0. The number of alkyl halides is 2. The summed E-state index contributed by atoms with van der Waals surface area (Å²) in [6, 6.07) is 1.27. The van der Waals surface area contributed by atoms with Crippen molar-refractivity contribution in [1.82, 2.24) is 4.98 Å². The maximum absolute atomic E-state index is 12.0. The molecule has 0 aromatic carbocycles. The molecule has 0 spiro atoms. The Bertz CT molecular complexity index is 267. The van der Waals surface area contributed by atoms with Crippen molar-refractivity contribution in [3.05, 3.63) is 26.5 Å². The number of nitrogens with zero attached hydrogens (tertiary/aromatic N) is 1. The fourth-order valence-electron chi connectivity index (χ4n) is 0.548. The van der Waals surface area contributed by atoms with Crippen molar-refractivity contribution in [1.29, 1.82) is 0 Å². The number of pyridine rings is 1. The van der Waals surface area contributed by atoms with Crippen molar-refractivity contribution in [3.8, 4) is 0 Å². The average molecular weight is 289 g/mol. The summed E-state index contributed by atoms with van der Waals surface area (Å²) in [5, 5.41) is 0.398. The normalized spacial score (nSPS) is 10.6. The molecule has 0 atom stereocenters. The summed E-state index contributed by atoms with van der Waals surface area (Å²) in [5.41, 5.74) is -0.237. The lowest BCUT2D eigenvalue weighted by molar-refractivity contribution is 0.146. The van der Waals surface area contributed by atoms with Crippen LogP contribution in [0.4, 0.5) is 8.78 Å². The second kappa shape index (κ2) is 3.62. The largest absolute Gasteiger partial charge is 0.280 e. The van der Waals surface area contributed by atoms with E-state index in [-0.39, 0.29) is 5.69 Å². The minimum Gasteiger partial charge on any atom is -0.254 e. The van der Waals surface area contributed by atoms with Crippen molar-refractivity contribution >= 4 is 34.2 Å². The van der Waals surface area contributed by atoms with Gasteiger partial charge in [0.1, 0.15) is 5.69 Å². The molecule has 5 heteroatoms.